The van der Waals surface area contributed by atoms with Crippen molar-refractivity contribution in [1.29, 1.82) is 0 Å². The highest BCUT2D eigenvalue weighted by atomic mass is 33.1. The normalized spacial score (nSPS) is 13.2. The van der Waals surface area contributed by atoms with Crippen LogP contribution in [0.25, 0.3) is 0 Å². The van der Waals surface area contributed by atoms with Crippen LogP contribution >= 0.6 is 25.9 Å². The van der Waals surface area contributed by atoms with E-state index in [1.807, 2.05) is 0 Å². The van der Waals surface area contributed by atoms with Gasteiger partial charge in [0.2, 0.25) is 0 Å². The predicted octanol–water partition coefficient (Wildman–Crippen LogP) is 2.42. The maximum atomic E-state index is 2.31. The summed E-state index contributed by atoms with van der Waals surface area (Å²) in [6.45, 7) is 0. The Morgan fingerprint density at radius 3 is 0.867 bits per heavy atom. The molecular formula is C8H24N4P2S. The lowest BCUT2D eigenvalue weighted by Gasteiger charge is -2.36. The standard InChI is InChI=1S/C8H24N4P2S/c1-9(2)13(10(3)4)15-14(11(5)6)12(7)8/h1-8H3. The van der Waals surface area contributed by atoms with Gasteiger partial charge in [0.25, 0.3) is 0 Å². The second-order valence-electron chi connectivity index (χ2n) is 3.98. The molecule has 0 aromatic heterocycles. The summed E-state index contributed by atoms with van der Waals surface area (Å²) in [5.41, 5.74) is 0. The molecule has 0 saturated heterocycles. The number of hydrogen-bond acceptors (Lipinski definition) is 5. The lowest BCUT2D eigenvalue weighted by molar-refractivity contribution is 0.586. The molecule has 7 heteroatoms. The zero-order chi connectivity index (χ0) is 12.2. The van der Waals surface area contributed by atoms with E-state index in [9.17, 15) is 0 Å². The SMILES string of the molecule is CN(C)P(SP(N(C)C)N(C)C)N(C)C. The summed E-state index contributed by atoms with van der Waals surface area (Å²) < 4.78 is 9.23. The summed E-state index contributed by atoms with van der Waals surface area (Å²) in [5, 5.41) is 0. The van der Waals surface area contributed by atoms with Gasteiger partial charge >= 0.3 is 0 Å². The molecule has 0 aliphatic carbocycles. The van der Waals surface area contributed by atoms with E-state index in [1.54, 1.807) is 0 Å². The van der Waals surface area contributed by atoms with Crippen LogP contribution in [-0.4, -0.2) is 75.1 Å². The third-order valence-corrected chi connectivity index (χ3v) is 12.0. The van der Waals surface area contributed by atoms with Crippen LogP contribution in [0.1, 0.15) is 0 Å². The number of rotatable bonds is 6. The lowest BCUT2D eigenvalue weighted by atomic mass is 11.3. The number of nitrogens with zero attached hydrogens (tertiary/aromatic N) is 4. The molecule has 0 rings (SSSR count). The molecule has 4 nitrogen and oxygen atoms in total. The summed E-state index contributed by atoms with van der Waals surface area (Å²) in [4.78, 5) is 0. The molecule has 92 valence electrons. The Kier molecular flexibility index (Phi) is 7.91. The Hall–Kier alpha value is 1.05. The van der Waals surface area contributed by atoms with Gasteiger partial charge in [-0.3, -0.25) is 18.7 Å². The molecule has 0 aliphatic heterocycles. The van der Waals surface area contributed by atoms with E-state index in [0.717, 1.165) is 0 Å². The first-order valence-electron chi connectivity index (χ1n) is 4.74. The van der Waals surface area contributed by atoms with Gasteiger partial charge in [0.15, 0.2) is 0 Å². The van der Waals surface area contributed by atoms with Crippen LogP contribution in [0.4, 0.5) is 0 Å². The van der Waals surface area contributed by atoms with Crippen molar-refractivity contribution in [2.24, 2.45) is 0 Å². The van der Waals surface area contributed by atoms with Crippen molar-refractivity contribution >= 4 is 25.9 Å². The molecule has 0 heterocycles. The summed E-state index contributed by atoms with van der Waals surface area (Å²) in [5.74, 6) is 0. The summed E-state index contributed by atoms with van der Waals surface area (Å²) >= 11 is 2.06. The first kappa shape index (κ1) is 16.1. The molecule has 0 aromatic rings. The first-order chi connectivity index (χ1) is 6.77. The zero-order valence-electron chi connectivity index (χ0n) is 11.1. The lowest BCUT2D eigenvalue weighted by Crippen LogP contribution is -2.18. The van der Waals surface area contributed by atoms with Crippen molar-refractivity contribution < 1.29 is 0 Å². The molecule has 0 spiro atoms. The van der Waals surface area contributed by atoms with Crippen LogP contribution in [0.3, 0.4) is 0 Å². The van der Waals surface area contributed by atoms with Crippen LogP contribution in [0.2, 0.25) is 0 Å². The fraction of sp³-hybridized carbons (Fsp3) is 1.00. The maximum Gasteiger partial charge on any atom is 0.109 e. The van der Waals surface area contributed by atoms with Crippen LogP contribution in [0.5, 0.6) is 0 Å². The van der Waals surface area contributed by atoms with Crippen LogP contribution in [0.15, 0.2) is 0 Å². The molecule has 0 unspecified atom stereocenters. The van der Waals surface area contributed by atoms with Crippen molar-refractivity contribution in [3.63, 3.8) is 0 Å². The van der Waals surface area contributed by atoms with Gasteiger partial charge in [-0.1, -0.05) is 0 Å². The van der Waals surface area contributed by atoms with E-state index in [4.69, 9.17) is 0 Å². The van der Waals surface area contributed by atoms with Gasteiger partial charge in [-0.15, -0.1) is 0 Å². The molecule has 0 amide bonds. The Morgan fingerprint density at radius 1 is 0.533 bits per heavy atom. The number of hydrogen-bond donors (Lipinski definition) is 0. The van der Waals surface area contributed by atoms with Crippen molar-refractivity contribution in [2.75, 3.05) is 56.4 Å². The molecule has 0 atom stereocenters. The average Bonchev–Trinajstić information content (AvgIpc) is 2.01. The molecule has 15 heavy (non-hydrogen) atoms. The van der Waals surface area contributed by atoms with Gasteiger partial charge in [-0.25, -0.2) is 0 Å². The fourth-order valence-corrected chi connectivity index (χ4v) is 11.8. The average molecular weight is 270 g/mol. The minimum atomic E-state index is -0.254. The van der Waals surface area contributed by atoms with E-state index >= 15 is 0 Å². The van der Waals surface area contributed by atoms with E-state index in [1.165, 1.54) is 0 Å². The van der Waals surface area contributed by atoms with E-state index in [0.29, 0.717) is 0 Å². The Balaban J connectivity index is 4.48. The fourth-order valence-electron chi connectivity index (χ4n) is 1.07. The van der Waals surface area contributed by atoms with E-state index in [2.05, 4.69) is 86.1 Å². The Bertz CT molecular complexity index is 144. The molecule has 0 fully saturated rings. The Labute approximate surface area is 101 Å². The topological polar surface area (TPSA) is 13.0 Å². The van der Waals surface area contributed by atoms with Crippen LogP contribution in [0, 0.1) is 0 Å². The summed E-state index contributed by atoms with van der Waals surface area (Å²) in [6.07, 6.45) is 0. The quantitative estimate of drug-likeness (QED) is 0.685. The minimum absolute atomic E-state index is 0.254. The molecule has 0 radical (unpaired) electrons. The Morgan fingerprint density at radius 2 is 0.733 bits per heavy atom. The van der Waals surface area contributed by atoms with Crippen molar-refractivity contribution in [3.8, 4) is 0 Å². The monoisotopic (exact) mass is 270 g/mol. The van der Waals surface area contributed by atoms with Gasteiger partial charge in [-0.2, -0.15) is 0 Å². The van der Waals surface area contributed by atoms with Crippen LogP contribution < -0.4 is 0 Å². The van der Waals surface area contributed by atoms with Gasteiger partial charge in [0.1, 0.15) is 14.8 Å². The van der Waals surface area contributed by atoms with Crippen molar-refractivity contribution in [3.05, 3.63) is 0 Å². The highest BCUT2D eigenvalue weighted by Crippen LogP contribution is 2.70. The smallest absolute Gasteiger partial charge is 0.109 e. The summed E-state index contributed by atoms with van der Waals surface area (Å²) in [6, 6.07) is 0. The predicted molar refractivity (Wildman–Crippen MR) is 76.2 cm³/mol. The van der Waals surface area contributed by atoms with Gasteiger partial charge in [-0.05, 0) is 67.4 Å². The van der Waals surface area contributed by atoms with Gasteiger partial charge in [0, 0.05) is 0 Å². The second-order valence-corrected chi connectivity index (χ2v) is 12.3. The molecule has 0 aliphatic rings. The molecule has 0 saturated carbocycles. The summed E-state index contributed by atoms with van der Waals surface area (Å²) in [7, 11) is 16.7. The second kappa shape index (κ2) is 7.39. The zero-order valence-corrected chi connectivity index (χ0v) is 13.7. The van der Waals surface area contributed by atoms with Crippen LogP contribution in [-0.2, 0) is 0 Å². The molecule has 0 N–H and O–H groups in total. The van der Waals surface area contributed by atoms with Crippen molar-refractivity contribution in [1.82, 2.24) is 18.7 Å². The maximum absolute atomic E-state index is 2.31. The third kappa shape index (κ3) is 5.78. The van der Waals surface area contributed by atoms with E-state index < -0.39 is 0 Å². The highest BCUT2D eigenvalue weighted by Gasteiger charge is 2.24. The van der Waals surface area contributed by atoms with E-state index in [-0.39, 0.29) is 14.8 Å². The van der Waals surface area contributed by atoms with Crippen molar-refractivity contribution in [2.45, 2.75) is 0 Å². The third-order valence-electron chi connectivity index (χ3n) is 1.51. The molecule has 0 bridgehead atoms. The first-order valence-corrected chi connectivity index (χ1v) is 9.26. The van der Waals surface area contributed by atoms with Gasteiger partial charge in [0.05, 0.1) is 0 Å². The minimum Gasteiger partial charge on any atom is -0.267 e. The van der Waals surface area contributed by atoms with Gasteiger partial charge < -0.3 is 0 Å². The highest BCUT2D eigenvalue weighted by molar-refractivity contribution is 8.83. The largest absolute Gasteiger partial charge is 0.267 e. The molecular weight excluding hydrogens is 246 g/mol. The molecule has 0 aromatic carbocycles.